The molecule has 1 rings (SSSR count). The topological polar surface area (TPSA) is 30.5 Å². The second-order valence-corrected chi connectivity index (χ2v) is 4.84. The van der Waals surface area contributed by atoms with Crippen molar-refractivity contribution in [1.82, 2.24) is 5.32 Å². The Balaban J connectivity index is 2.32. The Morgan fingerprint density at radius 1 is 1.27 bits per heavy atom. The van der Waals surface area contributed by atoms with Crippen LogP contribution in [0.5, 0.6) is 0 Å². The van der Waals surface area contributed by atoms with Gasteiger partial charge in [-0.1, -0.05) is 13.8 Å². The second-order valence-electron chi connectivity index (χ2n) is 4.84. The maximum absolute atomic E-state index is 5.37. The first kappa shape index (κ1) is 12.9. The fourth-order valence-electron chi connectivity index (χ4n) is 2.22. The second kappa shape index (κ2) is 6.46. The summed E-state index contributed by atoms with van der Waals surface area (Å²) in [6, 6.07) is 1.08. The third kappa shape index (κ3) is 4.09. The van der Waals surface area contributed by atoms with Crippen LogP contribution < -0.4 is 5.32 Å². The minimum Gasteiger partial charge on any atom is -0.383 e. The minimum atomic E-state index is 0.456. The van der Waals surface area contributed by atoms with E-state index in [0.29, 0.717) is 24.1 Å². The summed E-state index contributed by atoms with van der Waals surface area (Å²) in [5, 5.41) is 3.68. The molecule has 0 aromatic heterocycles. The molecular formula is C12H25NO2. The van der Waals surface area contributed by atoms with Crippen LogP contribution in [-0.4, -0.2) is 39.0 Å². The molecule has 1 aliphatic rings. The van der Waals surface area contributed by atoms with Gasteiger partial charge in [-0.05, 0) is 25.2 Å². The molecule has 1 fully saturated rings. The molecular weight excluding hydrogens is 190 g/mol. The zero-order valence-corrected chi connectivity index (χ0v) is 10.5. The van der Waals surface area contributed by atoms with Gasteiger partial charge in [-0.15, -0.1) is 0 Å². The summed E-state index contributed by atoms with van der Waals surface area (Å²) in [6.07, 6.45) is 4.01. The third-order valence-electron chi connectivity index (χ3n) is 3.32. The zero-order chi connectivity index (χ0) is 11.3. The van der Waals surface area contributed by atoms with E-state index in [1.165, 1.54) is 12.8 Å². The summed E-state index contributed by atoms with van der Waals surface area (Å²) in [6.45, 7) is 5.27. The van der Waals surface area contributed by atoms with E-state index in [1.807, 2.05) is 7.11 Å². The largest absolute Gasteiger partial charge is 0.383 e. The van der Waals surface area contributed by atoms with Crippen molar-refractivity contribution >= 4 is 0 Å². The highest BCUT2D eigenvalue weighted by Gasteiger charge is 2.27. The summed E-state index contributed by atoms with van der Waals surface area (Å²) >= 11 is 0. The van der Waals surface area contributed by atoms with Crippen molar-refractivity contribution in [1.29, 1.82) is 0 Å². The van der Waals surface area contributed by atoms with Crippen molar-refractivity contribution in [3.8, 4) is 0 Å². The Morgan fingerprint density at radius 3 is 2.47 bits per heavy atom. The molecule has 0 bridgehead atoms. The zero-order valence-electron chi connectivity index (χ0n) is 10.5. The van der Waals surface area contributed by atoms with Crippen molar-refractivity contribution in [2.75, 3.05) is 20.8 Å². The molecule has 0 aromatic rings. The molecule has 1 N–H and O–H groups in total. The van der Waals surface area contributed by atoms with E-state index in [0.717, 1.165) is 13.0 Å². The summed E-state index contributed by atoms with van der Waals surface area (Å²) in [5.41, 5.74) is 0. The first-order valence-corrected chi connectivity index (χ1v) is 5.95. The van der Waals surface area contributed by atoms with Crippen LogP contribution in [-0.2, 0) is 9.47 Å². The number of rotatable bonds is 6. The maximum atomic E-state index is 5.37. The maximum Gasteiger partial charge on any atom is 0.0618 e. The van der Waals surface area contributed by atoms with Gasteiger partial charge in [0.2, 0.25) is 0 Å². The molecule has 90 valence electrons. The molecule has 0 amide bonds. The lowest BCUT2D eigenvalue weighted by Crippen LogP contribution is -2.43. The summed E-state index contributed by atoms with van der Waals surface area (Å²) in [7, 11) is 3.58. The molecule has 0 aliphatic heterocycles. The van der Waals surface area contributed by atoms with Gasteiger partial charge in [0.25, 0.3) is 0 Å². The highest BCUT2D eigenvalue weighted by molar-refractivity contribution is 4.84. The van der Waals surface area contributed by atoms with Gasteiger partial charge < -0.3 is 14.8 Å². The third-order valence-corrected chi connectivity index (χ3v) is 3.32. The van der Waals surface area contributed by atoms with Gasteiger partial charge in [0.15, 0.2) is 0 Å². The molecule has 0 spiro atoms. The monoisotopic (exact) mass is 215 g/mol. The van der Waals surface area contributed by atoms with E-state index in [-0.39, 0.29) is 0 Å². The minimum absolute atomic E-state index is 0.456. The first-order valence-electron chi connectivity index (χ1n) is 5.95. The molecule has 3 unspecified atom stereocenters. The Hall–Kier alpha value is -0.120. The number of methoxy groups -OCH3 is 2. The van der Waals surface area contributed by atoms with Crippen LogP contribution in [0.15, 0.2) is 0 Å². The van der Waals surface area contributed by atoms with Gasteiger partial charge in [-0.3, -0.25) is 0 Å². The molecule has 1 saturated carbocycles. The average Bonchev–Trinajstić information content (AvgIpc) is 2.65. The quantitative estimate of drug-likeness (QED) is 0.733. The van der Waals surface area contributed by atoms with E-state index in [2.05, 4.69) is 19.2 Å². The molecule has 1 aliphatic carbocycles. The number of nitrogens with one attached hydrogen (secondary N) is 1. The lowest BCUT2D eigenvalue weighted by molar-refractivity contribution is 0.103. The molecule has 0 heterocycles. The SMILES string of the molecule is COCC(NC1CCC(OC)C1)C(C)C. The first-order chi connectivity index (χ1) is 7.17. The number of hydrogen-bond acceptors (Lipinski definition) is 3. The lowest BCUT2D eigenvalue weighted by atomic mass is 10.0. The Bertz CT molecular complexity index is 173. The number of ether oxygens (including phenoxy) is 2. The van der Waals surface area contributed by atoms with Crippen molar-refractivity contribution in [3.05, 3.63) is 0 Å². The molecule has 15 heavy (non-hydrogen) atoms. The number of hydrogen-bond donors (Lipinski definition) is 1. The molecule has 3 atom stereocenters. The smallest absolute Gasteiger partial charge is 0.0618 e. The van der Waals surface area contributed by atoms with Crippen LogP contribution in [0.25, 0.3) is 0 Å². The van der Waals surface area contributed by atoms with Gasteiger partial charge in [0, 0.05) is 26.3 Å². The lowest BCUT2D eigenvalue weighted by Gasteiger charge is -2.25. The van der Waals surface area contributed by atoms with Gasteiger partial charge in [-0.2, -0.15) is 0 Å². The van der Waals surface area contributed by atoms with Crippen molar-refractivity contribution < 1.29 is 9.47 Å². The Kier molecular flexibility index (Phi) is 5.58. The van der Waals surface area contributed by atoms with Crippen LogP contribution in [0, 0.1) is 5.92 Å². The molecule has 3 heteroatoms. The van der Waals surface area contributed by atoms with Crippen LogP contribution in [0.1, 0.15) is 33.1 Å². The van der Waals surface area contributed by atoms with E-state index in [4.69, 9.17) is 9.47 Å². The molecule has 0 saturated heterocycles. The highest BCUT2D eigenvalue weighted by atomic mass is 16.5. The normalized spacial score (nSPS) is 28.6. The van der Waals surface area contributed by atoms with Crippen LogP contribution in [0.4, 0.5) is 0 Å². The highest BCUT2D eigenvalue weighted by Crippen LogP contribution is 2.22. The predicted molar refractivity (Wildman–Crippen MR) is 62.1 cm³/mol. The van der Waals surface area contributed by atoms with Crippen molar-refractivity contribution in [2.45, 2.75) is 51.3 Å². The van der Waals surface area contributed by atoms with Crippen molar-refractivity contribution in [3.63, 3.8) is 0 Å². The average molecular weight is 215 g/mol. The summed E-state index contributed by atoms with van der Waals surface area (Å²) in [4.78, 5) is 0. The Morgan fingerprint density at radius 2 is 2.00 bits per heavy atom. The standard InChI is InChI=1S/C12H25NO2/c1-9(2)12(8-14-3)13-10-5-6-11(7-10)15-4/h9-13H,5-8H2,1-4H3. The molecule has 3 nitrogen and oxygen atoms in total. The van der Waals surface area contributed by atoms with Crippen molar-refractivity contribution in [2.24, 2.45) is 5.92 Å². The van der Waals surface area contributed by atoms with Gasteiger partial charge >= 0.3 is 0 Å². The predicted octanol–water partition coefficient (Wildman–Crippen LogP) is 1.81. The van der Waals surface area contributed by atoms with E-state index < -0.39 is 0 Å². The van der Waals surface area contributed by atoms with E-state index >= 15 is 0 Å². The van der Waals surface area contributed by atoms with Gasteiger partial charge in [-0.25, -0.2) is 0 Å². The fraction of sp³-hybridized carbons (Fsp3) is 1.00. The van der Waals surface area contributed by atoms with E-state index in [9.17, 15) is 0 Å². The summed E-state index contributed by atoms with van der Waals surface area (Å²) in [5.74, 6) is 0.617. The summed E-state index contributed by atoms with van der Waals surface area (Å²) < 4.78 is 10.6. The molecule has 0 radical (unpaired) electrons. The van der Waals surface area contributed by atoms with Crippen LogP contribution >= 0.6 is 0 Å². The molecule has 0 aromatic carbocycles. The van der Waals surface area contributed by atoms with Gasteiger partial charge in [0.1, 0.15) is 0 Å². The van der Waals surface area contributed by atoms with E-state index in [1.54, 1.807) is 7.11 Å². The van der Waals surface area contributed by atoms with Crippen LogP contribution in [0.3, 0.4) is 0 Å². The fourth-order valence-corrected chi connectivity index (χ4v) is 2.22. The Labute approximate surface area is 93.5 Å². The van der Waals surface area contributed by atoms with Crippen LogP contribution in [0.2, 0.25) is 0 Å². The van der Waals surface area contributed by atoms with Gasteiger partial charge in [0.05, 0.1) is 12.7 Å².